The van der Waals surface area contributed by atoms with Crippen molar-refractivity contribution in [3.05, 3.63) is 40.1 Å². The van der Waals surface area contributed by atoms with Crippen LogP contribution in [0.4, 0.5) is 10.1 Å². The van der Waals surface area contributed by atoms with Crippen LogP contribution in [0.5, 0.6) is 0 Å². The number of hydrogen-bond donors (Lipinski definition) is 2. The molecule has 0 aromatic heterocycles. The summed E-state index contributed by atoms with van der Waals surface area (Å²) in [4.78, 5) is 12.0. The average molecular weight is 313 g/mol. The highest BCUT2D eigenvalue weighted by atomic mass is 79.9. The standard InChI is InChI=1S/C13H14BrFN2O/c1-7-4-10(14)11(15)6-12(7)17-13(18)8-2-3-9(16)5-8/h2-4,6,8-9H,5,16H2,1H3,(H,17,18). The molecular weight excluding hydrogens is 299 g/mol. The van der Waals surface area contributed by atoms with E-state index in [-0.39, 0.29) is 17.9 Å². The van der Waals surface area contributed by atoms with Gasteiger partial charge in [0.05, 0.1) is 10.4 Å². The van der Waals surface area contributed by atoms with Crippen molar-refractivity contribution < 1.29 is 9.18 Å². The third kappa shape index (κ3) is 2.79. The van der Waals surface area contributed by atoms with E-state index in [1.54, 1.807) is 12.1 Å². The SMILES string of the molecule is Cc1cc(Br)c(F)cc1NC(=O)C1C=CC(N)C1. The molecule has 2 rings (SSSR count). The summed E-state index contributed by atoms with van der Waals surface area (Å²) in [6.45, 7) is 1.82. The second-order valence-corrected chi connectivity index (χ2v) is 5.32. The Labute approximate surface area is 113 Å². The molecule has 0 saturated carbocycles. The molecule has 3 N–H and O–H groups in total. The van der Waals surface area contributed by atoms with Crippen LogP contribution in [0.2, 0.25) is 0 Å². The number of hydrogen-bond acceptors (Lipinski definition) is 2. The number of nitrogens with one attached hydrogen (secondary N) is 1. The molecule has 1 aliphatic carbocycles. The van der Waals surface area contributed by atoms with Gasteiger partial charge < -0.3 is 11.1 Å². The zero-order valence-electron chi connectivity index (χ0n) is 9.91. The van der Waals surface area contributed by atoms with Gasteiger partial charge in [-0.05, 0) is 47.0 Å². The first kappa shape index (κ1) is 13.2. The molecule has 5 heteroatoms. The molecule has 0 spiro atoms. The quantitative estimate of drug-likeness (QED) is 0.825. The number of rotatable bonds is 2. The maximum absolute atomic E-state index is 13.4. The normalized spacial score (nSPS) is 22.2. The lowest BCUT2D eigenvalue weighted by Crippen LogP contribution is -2.24. The molecule has 1 aliphatic rings. The zero-order valence-corrected chi connectivity index (χ0v) is 11.5. The summed E-state index contributed by atoms with van der Waals surface area (Å²) in [6.07, 6.45) is 4.22. The molecule has 0 radical (unpaired) electrons. The number of carbonyl (C=O) groups is 1. The van der Waals surface area contributed by atoms with Crippen LogP contribution >= 0.6 is 15.9 Å². The zero-order chi connectivity index (χ0) is 13.3. The number of carbonyl (C=O) groups excluding carboxylic acids is 1. The van der Waals surface area contributed by atoms with Crippen molar-refractivity contribution in [1.29, 1.82) is 0 Å². The topological polar surface area (TPSA) is 55.1 Å². The minimum absolute atomic E-state index is 0.0662. The summed E-state index contributed by atoms with van der Waals surface area (Å²) < 4.78 is 13.8. The van der Waals surface area contributed by atoms with Crippen LogP contribution in [0.15, 0.2) is 28.8 Å². The van der Waals surface area contributed by atoms with Crippen molar-refractivity contribution in [2.75, 3.05) is 5.32 Å². The maximum atomic E-state index is 13.4. The first-order valence-corrected chi connectivity index (χ1v) is 6.47. The number of anilines is 1. The Morgan fingerprint density at radius 3 is 2.83 bits per heavy atom. The largest absolute Gasteiger partial charge is 0.325 e. The van der Waals surface area contributed by atoms with Gasteiger partial charge in [0.15, 0.2) is 0 Å². The van der Waals surface area contributed by atoms with E-state index in [4.69, 9.17) is 5.73 Å². The van der Waals surface area contributed by atoms with E-state index >= 15 is 0 Å². The van der Waals surface area contributed by atoms with Crippen molar-refractivity contribution in [1.82, 2.24) is 0 Å². The lowest BCUT2D eigenvalue weighted by atomic mass is 10.1. The van der Waals surface area contributed by atoms with Gasteiger partial charge in [-0.15, -0.1) is 0 Å². The minimum atomic E-state index is -0.394. The minimum Gasteiger partial charge on any atom is -0.325 e. The molecule has 3 nitrogen and oxygen atoms in total. The van der Waals surface area contributed by atoms with E-state index in [1.807, 2.05) is 13.0 Å². The number of halogens is 2. The monoisotopic (exact) mass is 312 g/mol. The Bertz CT molecular complexity index is 516. The highest BCUT2D eigenvalue weighted by Crippen LogP contribution is 2.25. The van der Waals surface area contributed by atoms with Gasteiger partial charge in [0.2, 0.25) is 5.91 Å². The smallest absolute Gasteiger partial charge is 0.231 e. The van der Waals surface area contributed by atoms with Crippen LogP contribution in [0, 0.1) is 18.7 Å². The molecule has 18 heavy (non-hydrogen) atoms. The summed E-state index contributed by atoms with van der Waals surface area (Å²) in [5.74, 6) is -0.773. The van der Waals surface area contributed by atoms with Gasteiger partial charge >= 0.3 is 0 Å². The van der Waals surface area contributed by atoms with Crippen LogP contribution in [-0.4, -0.2) is 11.9 Å². The average Bonchev–Trinajstić information content (AvgIpc) is 2.73. The number of aryl methyl sites for hydroxylation is 1. The van der Waals surface area contributed by atoms with Gasteiger partial charge in [0.25, 0.3) is 0 Å². The van der Waals surface area contributed by atoms with Crippen LogP contribution in [0.1, 0.15) is 12.0 Å². The van der Waals surface area contributed by atoms with Crippen molar-refractivity contribution in [2.24, 2.45) is 11.7 Å². The van der Waals surface area contributed by atoms with Gasteiger partial charge in [0, 0.05) is 11.7 Å². The summed E-state index contributed by atoms with van der Waals surface area (Å²) in [6, 6.07) is 2.89. The molecule has 0 fully saturated rings. The molecule has 2 atom stereocenters. The van der Waals surface area contributed by atoms with Crippen LogP contribution in [0.3, 0.4) is 0 Å². The third-order valence-electron chi connectivity index (χ3n) is 2.98. The van der Waals surface area contributed by atoms with E-state index < -0.39 is 5.82 Å². The molecule has 1 amide bonds. The molecule has 0 aliphatic heterocycles. The number of amides is 1. The molecule has 96 valence electrons. The molecule has 0 heterocycles. The van der Waals surface area contributed by atoms with Crippen molar-refractivity contribution >= 4 is 27.5 Å². The second kappa shape index (κ2) is 5.20. The van der Waals surface area contributed by atoms with Gasteiger partial charge in [-0.1, -0.05) is 12.2 Å². The first-order chi connectivity index (χ1) is 8.47. The molecule has 1 aromatic rings. The number of benzene rings is 1. The predicted molar refractivity (Wildman–Crippen MR) is 72.7 cm³/mol. The van der Waals surface area contributed by atoms with Gasteiger partial charge in [0.1, 0.15) is 5.82 Å². The van der Waals surface area contributed by atoms with E-state index in [1.165, 1.54) is 6.07 Å². The lowest BCUT2D eigenvalue weighted by Gasteiger charge is -2.13. The fourth-order valence-corrected chi connectivity index (χ4v) is 2.39. The second-order valence-electron chi connectivity index (χ2n) is 4.46. The van der Waals surface area contributed by atoms with Gasteiger partial charge in [-0.3, -0.25) is 4.79 Å². The van der Waals surface area contributed by atoms with Crippen molar-refractivity contribution in [3.63, 3.8) is 0 Å². The predicted octanol–water partition coefficient (Wildman–Crippen LogP) is 2.74. The first-order valence-electron chi connectivity index (χ1n) is 5.68. The van der Waals surface area contributed by atoms with Crippen LogP contribution < -0.4 is 11.1 Å². The van der Waals surface area contributed by atoms with Crippen LogP contribution in [0.25, 0.3) is 0 Å². The lowest BCUT2D eigenvalue weighted by molar-refractivity contribution is -0.118. The van der Waals surface area contributed by atoms with E-state index in [2.05, 4.69) is 21.2 Å². The summed E-state index contributed by atoms with van der Waals surface area (Å²) in [5.41, 5.74) is 7.00. The highest BCUT2D eigenvalue weighted by molar-refractivity contribution is 9.10. The molecular formula is C13H14BrFN2O. The van der Waals surface area contributed by atoms with E-state index in [9.17, 15) is 9.18 Å². The summed E-state index contributed by atoms with van der Waals surface area (Å²) in [5, 5.41) is 2.73. The molecule has 1 aromatic carbocycles. The fraction of sp³-hybridized carbons (Fsp3) is 0.308. The van der Waals surface area contributed by atoms with Crippen molar-refractivity contribution in [2.45, 2.75) is 19.4 Å². The maximum Gasteiger partial charge on any atom is 0.231 e. The Balaban J connectivity index is 2.12. The van der Waals surface area contributed by atoms with E-state index in [0.717, 1.165) is 5.56 Å². The van der Waals surface area contributed by atoms with E-state index in [0.29, 0.717) is 16.6 Å². The summed E-state index contributed by atoms with van der Waals surface area (Å²) >= 11 is 3.11. The molecule has 0 bridgehead atoms. The fourth-order valence-electron chi connectivity index (χ4n) is 1.93. The van der Waals surface area contributed by atoms with Gasteiger partial charge in [-0.2, -0.15) is 0 Å². The Morgan fingerprint density at radius 1 is 1.50 bits per heavy atom. The third-order valence-corrected chi connectivity index (χ3v) is 3.59. The Hall–Kier alpha value is -1.20. The number of nitrogens with two attached hydrogens (primary N) is 1. The molecule has 0 saturated heterocycles. The van der Waals surface area contributed by atoms with Gasteiger partial charge in [-0.25, -0.2) is 4.39 Å². The summed E-state index contributed by atoms with van der Waals surface area (Å²) in [7, 11) is 0. The van der Waals surface area contributed by atoms with Crippen molar-refractivity contribution in [3.8, 4) is 0 Å². The van der Waals surface area contributed by atoms with Crippen LogP contribution in [-0.2, 0) is 4.79 Å². The highest BCUT2D eigenvalue weighted by Gasteiger charge is 2.23. The Morgan fingerprint density at radius 2 is 2.22 bits per heavy atom. The Kier molecular flexibility index (Phi) is 3.82. The molecule has 2 unspecified atom stereocenters.